The van der Waals surface area contributed by atoms with Gasteiger partial charge in [0.15, 0.2) is 17.4 Å². The standard InChI is InChI=1S/C32H32F3NO5/c1-4-39-31(37)29-22-6-18-10-27(36-13-23(18)28(22)29)40-15-20-7-21(16(2)5-24(20)33)19-8-25(34)30(26(35)9-19)41-14-17-11-32(3,38)12-17/h5,7-10,13,17,22,28-29,38H,4,6,11-12,14-15H2,1-3H3/t17-,22-,28-,29+,32+/m1/s1. The van der Waals surface area contributed by atoms with Crippen molar-refractivity contribution in [2.45, 2.75) is 58.2 Å². The summed E-state index contributed by atoms with van der Waals surface area (Å²) in [7, 11) is 0. The third-order valence-electron chi connectivity index (χ3n) is 8.54. The van der Waals surface area contributed by atoms with Crippen molar-refractivity contribution in [3.8, 4) is 22.8 Å². The molecule has 1 N–H and O–H groups in total. The van der Waals surface area contributed by atoms with Crippen LogP contribution in [0, 0.1) is 42.1 Å². The number of ether oxygens (including phenoxy) is 3. The summed E-state index contributed by atoms with van der Waals surface area (Å²) in [4.78, 5) is 16.5. The minimum absolute atomic E-state index is 0.0396. The van der Waals surface area contributed by atoms with Crippen LogP contribution in [0.3, 0.4) is 0 Å². The Morgan fingerprint density at radius 1 is 1.07 bits per heavy atom. The molecule has 2 fully saturated rings. The van der Waals surface area contributed by atoms with Crippen molar-refractivity contribution in [1.82, 2.24) is 4.98 Å². The van der Waals surface area contributed by atoms with Gasteiger partial charge >= 0.3 is 5.97 Å². The number of halogens is 3. The molecule has 2 saturated carbocycles. The van der Waals surface area contributed by atoms with E-state index in [0.717, 1.165) is 17.5 Å². The van der Waals surface area contributed by atoms with Crippen molar-refractivity contribution in [3.05, 3.63) is 76.2 Å². The molecule has 0 unspecified atom stereocenters. The van der Waals surface area contributed by atoms with E-state index in [1.54, 1.807) is 27.0 Å². The lowest BCUT2D eigenvalue weighted by molar-refractivity contribution is -0.145. The van der Waals surface area contributed by atoms with Crippen LogP contribution in [-0.4, -0.2) is 34.9 Å². The lowest BCUT2D eigenvalue weighted by Crippen LogP contribution is -2.43. The van der Waals surface area contributed by atoms with Crippen LogP contribution < -0.4 is 9.47 Å². The number of aliphatic hydroxyl groups is 1. The van der Waals surface area contributed by atoms with Crippen molar-refractivity contribution in [3.63, 3.8) is 0 Å². The Labute approximate surface area is 236 Å². The number of rotatable bonds is 9. The van der Waals surface area contributed by atoms with Crippen LogP contribution in [0.2, 0.25) is 0 Å². The average Bonchev–Trinajstić information content (AvgIpc) is 3.48. The second-order valence-electron chi connectivity index (χ2n) is 11.8. The van der Waals surface area contributed by atoms with E-state index in [2.05, 4.69) is 4.98 Å². The fourth-order valence-corrected chi connectivity index (χ4v) is 6.55. The first kappa shape index (κ1) is 27.6. The number of carbonyl (C=O) groups is 1. The summed E-state index contributed by atoms with van der Waals surface area (Å²) in [6, 6.07) is 7.03. The monoisotopic (exact) mass is 567 g/mol. The summed E-state index contributed by atoms with van der Waals surface area (Å²) in [5, 5.41) is 9.85. The topological polar surface area (TPSA) is 77.9 Å². The molecule has 1 aromatic heterocycles. The van der Waals surface area contributed by atoms with Crippen molar-refractivity contribution >= 4 is 5.97 Å². The molecule has 0 amide bonds. The molecule has 0 saturated heterocycles. The Bertz CT molecular complexity index is 1490. The zero-order valence-corrected chi connectivity index (χ0v) is 23.2. The lowest BCUT2D eigenvalue weighted by atomic mass is 9.73. The molecule has 6 nitrogen and oxygen atoms in total. The third-order valence-corrected chi connectivity index (χ3v) is 8.54. The maximum Gasteiger partial charge on any atom is 0.309 e. The van der Waals surface area contributed by atoms with E-state index < -0.39 is 28.8 Å². The molecule has 1 heterocycles. The van der Waals surface area contributed by atoms with Crippen LogP contribution in [0.5, 0.6) is 11.6 Å². The predicted molar refractivity (Wildman–Crippen MR) is 144 cm³/mol. The van der Waals surface area contributed by atoms with Crippen molar-refractivity contribution in [2.75, 3.05) is 13.2 Å². The van der Waals surface area contributed by atoms with Gasteiger partial charge in [-0.3, -0.25) is 4.79 Å². The smallest absolute Gasteiger partial charge is 0.309 e. The molecule has 216 valence electrons. The zero-order chi connectivity index (χ0) is 29.1. The Kier molecular flexibility index (Phi) is 6.96. The number of nitrogens with zero attached hydrogens (tertiary/aromatic N) is 1. The highest BCUT2D eigenvalue weighted by molar-refractivity contribution is 5.79. The van der Waals surface area contributed by atoms with E-state index in [1.165, 1.54) is 24.3 Å². The van der Waals surface area contributed by atoms with E-state index in [9.17, 15) is 23.1 Å². The summed E-state index contributed by atoms with van der Waals surface area (Å²) in [6.45, 7) is 5.53. The van der Waals surface area contributed by atoms with Gasteiger partial charge in [0.05, 0.1) is 24.7 Å². The number of fused-ring (bicyclic) bond motifs is 3. The summed E-state index contributed by atoms with van der Waals surface area (Å²) in [5.41, 5.74) is 2.80. The van der Waals surface area contributed by atoms with Gasteiger partial charge in [0.1, 0.15) is 12.4 Å². The van der Waals surface area contributed by atoms with Crippen LogP contribution in [0.1, 0.15) is 54.9 Å². The summed E-state index contributed by atoms with van der Waals surface area (Å²) < 4.78 is 61.1. The Balaban J connectivity index is 1.14. The molecule has 0 aliphatic heterocycles. The van der Waals surface area contributed by atoms with Crippen molar-refractivity contribution in [2.24, 2.45) is 17.8 Å². The summed E-state index contributed by atoms with van der Waals surface area (Å²) >= 11 is 0. The maximum atomic E-state index is 14.9. The van der Waals surface area contributed by atoms with Crippen LogP contribution in [-0.2, 0) is 22.6 Å². The SMILES string of the molecule is CCOC(=O)[C@H]1[C@@H]2Cc3cc(OCc4cc(-c5cc(F)c(OC[C@H]6C[C@@](C)(O)C6)c(F)c5)c(C)cc4F)ncc3[C@@H]21. The predicted octanol–water partition coefficient (Wildman–Crippen LogP) is 6.04. The molecule has 0 radical (unpaired) electrons. The van der Waals surface area contributed by atoms with E-state index in [-0.39, 0.29) is 54.0 Å². The molecular formula is C32H32F3NO5. The number of pyridine rings is 1. The van der Waals surface area contributed by atoms with Gasteiger partial charge in [-0.25, -0.2) is 18.2 Å². The Hall–Kier alpha value is -3.59. The highest BCUT2D eigenvalue weighted by atomic mass is 19.1. The molecule has 6 rings (SSSR count). The first-order chi connectivity index (χ1) is 19.5. The van der Waals surface area contributed by atoms with Gasteiger partial charge in [0.2, 0.25) is 5.88 Å². The maximum absolute atomic E-state index is 14.9. The highest BCUT2D eigenvalue weighted by Gasteiger charge is 2.60. The van der Waals surface area contributed by atoms with E-state index in [0.29, 0.717) is 36.5 Å². The van der Waals surface area contributed by atoms with Gasteiger partial charge in [-0.2, -0.15) is 0 Å². The molecule has 2 aromatic carbocycles. The van der Waals surface area contributed by atoms with Gasteiger partial charge < -0.3 is 19.3 Å². The molecular weight excluding hydrogens is 535 g/mol. The first-order valence-corrected chi connectivity index (χ1v) is 14.0. The van der Waals surface area contributed by atoms with Crippen LogP contribution in [0.4, 0.5) is 13.2 Å². The van der Waals surface area contributed by atoms with Gasteiger partial charge in [-0.05, 0) is 104 Å². The second-order valence-corrected chi connectivity index (χ2v) is 11.8. The summed E-state index contributed by atoms with van der Waals surface area (Å²) in [6.07, 6.45) is 3.50. The largest absolute Gasteiger partial charge is 0.487 e. The fraction of sp³-hybridized carbons (Fsp3) is 0.438. The number of carbonyl (C=O) groups excluding carboxylic acids is 1. The second kappa shape index (κ2) is 10.4. The van der Waals surface area contributed by atoms with Crippen LogP contribution >= 0.6 is 0 Å². The molecule has 41 heavy (non-hydrogen) atoms. The average molecular weight is 568 g/mol. The minimum atomic E-state index is -0.849. The molecule has 3 aromatic rings. The van der Waals surface area contributed by atoms with Crippen molar-refractivity contribution in [1.29, 1.82) is 0 Å². The number of hydrogen-bond acceptors (Lipinski definition) is 6. The first-order valence-electron chi connectivity index (χ1n) is 14.0. The van der Waals surface area contributed by atoms with E-state index >= 15 is 0 Å². The third kappa shape index (κ3) is 5.27. The number of benzene rings is 2. The number of hydrogen-bond donors (Lipinski definition) is 1. The number of aromatic nitrogens is 1. The van der Waals surface area contributed by atoms with Gasteiger partial charge in [0.25, 0.3) is 0 Å². The number of esters is 1. The van der Waals surface area contributed by atoms with E-state index in [4.69, 9.17) is 14.2 Å². The van der Waals surface area contributed by atoms with Crippen LogP contribution in [0.15, 0.2) is 36.5 Å². The highest BCUT2D eigenvalue weighted by Crippen LogP contribution is 2.61. The van der Waals surface area contributed by atoms with Crippen LogP contribution in [0.25, 0.3) is 11.1 Å². The van der Waals surface area contributed by atoms with Gasteiger partial charge in [0, 0.05) is 23.7 Å². The minimum Gasteiger partial charge on any atom is -0.487 e. The molecule has 3 aliphatic rings. The lowest BCUT2D eigenvalue weighted by Gasteiger charge is -2.40. The Morgan fingerprint density at radius 3 is 2.49 bits per heavy atom. The zero-order valence-electron chi connectivity index (χ0n) is 23.2. The van der Waals surface area contributed by atoms with Gasteiger partial charge in [-0.1, -0.05) is 0 Å². The fourth-order valence-electron chi connectivity index (χ4n) is 6.55. The van der Waals surface area contributed by atoms with Crippen molar-refractivity contribution < 1.29 is 37.3 Å². The van der Waals surface area contributed by atoms with E-state index in [1.807, 2.05) is 6.07 Å². The molecule has 3 atom stereocenters. The molecule has 0 spiro atoms. The molecule has 0 bridgehead atoms. The molecule has 9 heteroatoms. The molecule has 3 aliphatic carbocycles. The van der Waals surface area contributed by atoms with Gasteiger partial charge in [-0.15, -0.1) is 0 Å². The normalized spacial score (nSPS) is 25.6. The quantitative estimate of drug-likeness (QED) is 0.318. The Morgan fingerprint density at radius 2 is 1.80 bits per heavy atom. The number of aryl methyl sites for hydroxylation is 1. The summed E-state index contributed by atoms with van der Waals surface area (Å²) in [5.74, 6) is -2.18.